The molecular weight excluding hydrogens is 204 g/mol. The molecule has 4 nitrogen and oxygen atoms in total. The van der Waals surface area contributed by atoms with Gasteiger partial charge >= 0.3 is 6.09 Å². The molecule has 1 aromatic rings. The van der Waals surface area contributed by atoms with Crippen molar-refractivity contribution < 1.29 is 9.53 Å². The zero-order valence-electron chi connectivity index (χ0n) is 9.36. The summed E-state index contributed by atoms with van der Waals surface area (Å²) < 4.78 is 5.31. The molecule has 0 fully saturated rings. The quantitative estimate of drug-likeness (QED) is 0.826. The predicted molar refractivity (Wildman–Crippen MR) is 61.3 cm³/mol. The second-order valence-electron chi connectivity index (χ2n) is 4.09. The van der Waals surface area contributed by atoms with E-state index >= 15 is 0 Å². The van der Waals surface area contributed by atoms with Gasteiger partial charge < -0.3 is 4.74 Å². The summed E-state index contributed by atoms with van der Waals surface area (Å²) in [4.78, 5) is 11.2. The maximum Gasteiger partial charge on any atom is 0.428 e. The van der Waals surface area contributed by atoms with Crippen LogP contribution in [-0.4, -0.2) is 17.4 Å². The number of cyclic esters (lactones) is 1. The maximum atomic E-state index is 11.2. The van der Waals surface area contributed by atoms with E-state index in [9.17, 15) is 4.79 Å². The van der Waals surface area contributed by atoms with Gasteiger partial charge in [0.15, 0.2) is 5.60 Å². The van der Waals surface area contributed by atoms with Crippen LogP contribution in [0.5, 0.6) is 0 Å². The van der Waals surface area contributed by atoms with Crippen LogP contribution in [-0.2, 0) is 11.2 Å². The maximum absolute atomic E-state index is 11.2. The number of carbonyl (C=O) groups is 1. The molecule has 2 rings (SSSR count). The first kappa shape index (κ1) is 10.7. The minimum atomic E-state index is -0.649. The Hall–Kier alpha value is -1.84. The van der Waals surface area contributed by atoms with Gasteiger partial charge in [-0.05, 0) is 19.4 Å². The van der Waals surface area contributed by atoms with Crippen molar-refractivity contribution in [3.63, 3.8) is 0 Å². The molecular formula is C12H14N2O2. The van der Waals surface area contributed by atoms with E-state index in [2.05, 4.69) is 10.5 Å². The highest BCUT2D eigenvalue weighted by Crippen LogP contribution is 2.22. The number of ether oxygens (including phenoxy) is 1. The van der Waals surface area contributed by atoms with E-state index in [0.717, 1.165) is 11.3 Å². The van der Waals surface area contributed by atoms with Gasteiger partial charge in [-0.2, -0.15) is 5.10 Å². The molecule has 4 heteroatoms. The summed E-state index contributed by atoms with van der Waals surface area (Å²) in [6, 6.07) is 9.91. The minimum absolute atomic E-state index is 0.496. The van der Waals surface area contributed by atoms with Crippen LogP contribution in [0.4, 0.5) is 4.79 Å². The first-order valence-electron chi connectivity index (χ1n) is 5.18. The fourth-order valence-corrected chi connectivity index (χ4v) is 1.70. The lowest BCUT2D eigenvalue weighted by Gasteiger charge is -2.32. The number of hydrogen-bond acceptors (Lipinski definition) is 3. The molecule has 1 amide bonds. The van der Waals surface area contributed by atoms with E-state index in [-0.39, 0.29) is 0 Å². The molecule has 0 bridgehead atoms. The number of nitrogens with one attached hydrogen (secondary N) is 1. The van der Waals surface area contributed by atoms with E-state index in [4.69, 9.17) is 4.74 Å². The molecule has 1 atom stereocenters. The van der Waals surface area contributed by atoms with Crippen LogP contribution in [0.25, 0.3) is 0 Å². The second-order valence-corrected chi connectivity index (χ2v) is 4.09. The van der Waals surface area contributed by atoms with E-state index in [1.54, 1.807) is 0 Å². The molecule has 0 unspecified atom stereocenters. The van der Waals surface area contributed by atoms with Gasteiger partial charge in [-0.15, -0.1) is 0 Å². The Kier molecular flexibility index (Phi) is 2.64. The van der Waals surface area contributed by atoms with Crippen molar-refractivity contribution in [1.82, 2.24) is 5.43 Å². The van der Waals surface area contributed by atoms with Crippen LogP contribution in [0.2, 0.25) is 0 Å². The summed E-state index contributed by atoms with van der Waals surface area (Å²) in [6.07, 6.45) is 0.139. The molecule has 0 aromatic heterocycles. The molecule has 0 saturated heterocycles. The Morgan fingerprint density at radius 1 is 1.38 bits per heavy atom. The van der Waals surface area contributed by atoms with Gasteiger partial charge in [-0.3, -0.25) is 0 Å². The number of amides is 1. The van der Waals surface area contributed by atoms with E-state index in [0.29, 0.717) is 6.42 Å². The SMILES string of the molecule is CC1=NNC(=O)O[C@]1(C)Cc1ccccc1. The smallest absolute Gasteiger partial charge is 0.428 e. The molecule has 1 heterocycles. The van der Waals surface area contributed by atoms with E-state index < -0.39 is 11.7 Å². The first-order chi connectivity index (χ1) is 7.60. The standard InChI is InChI=1S/C12H14N2O2/c1-9-12(2,16-11(15)14-13-9)8-10-6-4-3-5-7-10/h3-7H,8H2,1-2H3,(H,14,15)/t12-/m1/s1. The van der Waals surface area contributed by atoms with Crippen LogP contribution >= 0.6 is 0 Å². The second kappa shape index (κ2) is 3.96. The van der Waals surface area contributed by atoms with Crippen LogP contribution in [0.3, 0.4) is 0 Å². The van der Waals surface area contributed by atoms with Gasteiger partial charge in [0.1, 0.15) is 0 Å². The summed E-state index contributed by atoms with van der Waals surface area (Å²) >= 11 is 0. The molecule has 84 valence electrons. The molecule has 1 N–H and O–H groups in total. The number of nitrogens with zero attached hydrogens (tertiary/aromatic N) is 1. The topological polar surface area (TPSA) is 50.7 Å². The van der Waals surface area contributed by atoms with Gasteiger partial charge in [0.2, 0.25) is 0 Å². The van der Waals surface area contributed by atoms with Gasteiger partial charge in [-0.1, -0.05) is 30.3 Å². The lowest BCUT2D eigenvalue weighted by atomic mass is 9.92. The Morgan fingerprint density at radius 2 is 2.06 bits per heavy atom. The number of carbonyl (C=O) groups excluding carboxylic acids is 1. The first-order valence-corrected chi connectivity index (χ1v) is 5.18. The number of hydrazone groups is 1. The van der Waals surface area contributed by atoms with Crippen molar-refractivity contribution in [1.29, 1.82) is 0 Å². The highest BCUT2D eigenvalue weighted by Gasteiger charge is 2.35. The Labute approximate surface area is 94.3 Å². The van der Waals surface area contributed by atoms with Crippen LogP contribution in [0, 0.1) is 0 Å². The summed E-state index contributed by atoms with van der Waals surface area (Å²) in [5.41, 5.74) is 3.54. The molecule has 16 heavy (non-hydrogen) atoms. The van der Waals surface area contributed by atoms with Crippen molar-refractivity contribution >= 4 is 11.8 Å². The van der Waals surface area contributed by atoms with Crippen molar-refractivity contribution in [3.05, 3.63) is 35.9 Å². The number of benzene rings is 1. The molecule has 1 aliphatic rings. The molecule has 1 aromatic carbocycles. The molecule has 1 aliphatic heterocycles. The monoisotopic (exact) mass is 218 g/mol. The summed E-state index contributed by atoms with van der Waals surface area (Å²) in [7, 11) is 0. The molecule has 0 radical (unpaired) electrons. The Bertz CT molecular complexity index is 428. The van der Waals surface area contributed by atoms with Crippen molar-refractivity contribution in [2.24, 2.45) is 5.10 Å². The predicted octanol–water partition coefficient (Wildman–Crippen LogP) is 2.10. The minimum Gasteiger partial charge on any atom is -0.435 e. The number of rotatable bonds is 2. The third kappa shape index (κ3) is 2.05. The van der Waals surface area contributed by atoms with Crippen LogP contribution in [0.15, 0.2) is 35.4 Å². The van der Waals surface area contributed by atoms with E-state index in [1.807, 2.05) is 44.2 Å². The summed E-state index contributed by atoms with van der Waals surface area (Å²) in [5, 5.41) is 3.95. The Morgan fingerprint density at radius 3 is 2.75 bits per heavy atom. The zero-order chi connectivity index (χ0) is 11.6. The summed E-state index contributed by atoms with van der Waals surface area (Å²) in [6.45, 7) is 3.72. The summed E-state index contributed by atoms with van der Waals surface area (Å²) in [5.74, 6) is 0. The number of hydrogen-bond donors (Lipinski definition) is 1. The molecule has 0 aliphatic carbocycles. The fourth-order valence-electron chi connectivity index (χ4n) is 1.70. The van der Waals surface area contributed by atoms with Crippen molar-refractivity contribution in [2.45, 2.75) is 25.9 Å². The third-order valence-electron chi connectivity index (χ3n) is 2.78. The van der Waals surface area contributed by atoms with Crippen LogP contribution < -0.4 is 5.43 Å². The average molecular weight is 218 g/mol. The molecule has 0 saturated carbocycles. The van der Waals surface area contributed by atoms with Crippen molar-refractivity contribution in [2.75, 3.05) is 0 Å². The fraction of sp³-hybridized carbons (Fsp3) is 0.333. The highest BCUT2D eigenvalue weighted by atomic mass is 16.6. The van der Waals surface area contributed by atoms with Crippen molar-refractivity contribution in [3.8, 4) is 0 Å². The van der Waals surface area contributed by atoms with Gasteiger partial charge in [0.25, 0.3) is 0 Å². The Balaban J connectivity index is 2.22. The average Bonchev–Trinajstić information content (AvgIpc) is 2.25. The van der Waals surface area contributed by atoms with Gasteiger partial charge in [-0.25, -0.2) is 10.2 Å². The van der Waals surface area contributed by atoms with Gasteiger partial charge in [0, 0.05) is 6.42 Å². The normalized spacial score (nSPS) is 24.4. The molecule has 0 spiro atoms. The van der Waals surface area contributed by atoms with Gasteiger partial charge in [0.05, 0.1) is 5.71 Å². The lowest BCUT2D eigenvalue weighted by Crippen LogP contribution is -2.48. The highest BCUT2D eigenvalue weighted by molar-refractivity contribution is 5.94. The lowest BCUT2D eigenvalue weighted by molar-refractivity contribution is 0.0644. The largest absolute Gasteiger partial charge is 0.435 e. The van der Waals surface area contributed by atoms with Crippen LogP contribution in [0.1, 0.15) is 19.4 Å². The van der Waals surface area contributed by atoms with E-state index in [1.165, 1.54) is 0 Å². The third-order valence-corrected chi connectivity index (χ3v) is 2.78. The zero-order valence-corrected chi connectivity index (χ0v) is 9.36.